The van der Waals surface area contributed by atoms with Crippen LogP contribution >= 0.6 is 8.53 Å². The summed E-state index contributed by atoms with van der Waals surface area (Å²) in [5.74, 6) is 1.76. The smallest absolute Gasteiger partial charge is 0.330 e. The highest BCUT2D eigenvalue weighted by Gasteiger charge is 2.52. The Morgan fingerprint density at radius 1 is 0.860 bits per heavy atom. The van der Waals surface area contributed by atoms with Gasteiger partial charge in [-0.1, -0.05) is 54.6 Å². The SMILES string of the molecule is COc1ccc(C(OC[C@H]2O[C@@H](n3ccc(=O)[nH]c3=O)[C@H](OCC3CC3)[C@@H]2OP(OCCC#N)N(C(C)C)C(C)C)(c2ccccc2)c2ccc(OC)cc2)cc1. The van der Waals surface area contributed by atoms with Crippen LogP contribution in [-0.2, 0) is 28.9 Å². The molecule has 1 unspecified atom stereocenters. The molecule has 1 saturated carbocycles. The van der Waals surface area contributed by atoms with Gasteiger partial charge in [-0.25, -0.2) is 9.46 Å². The van der Waals surface area contributed by atoms with E-state index in [4.69, 9.17) is 32.7 Å². The zero-order chi connectivity index (χ0) is 40.5. The third-order valence-electron chi connectivity index (χ3n) is 10.1. The van der Waals surface area contributed by atoms with E-state index in [1.807, 2.05) is 78.9 Å². The fourth-order valence-corrected chi connectivity index (χ4v) is 8.98. The summed E-state index contributed by atoms with van der Waals surface area (Å²) in [6, 6.07) is 29.0. The van der Waals surface area contributed by atoms with Crippen LogP contribution in [0.25, 0.3) is 0 Å². The van der Waals surface area contributed by atoms with Crippen LogP contribution in [0.5, 0.6) is 11.5 Å². The fourth-order valence-electron chi connectivity index (χ4n) is 7.21. The summed E-state index contributed by atoms with van der Waals surface area (Å²) >= 11 is 0. The monoisotopic (exact) mass is 800 g/mol. The third-order valence-corrected chi connectivity index (χ3v) is 12.3. The van der Waals surface area contributed by atoms with Crippen LogP contribution < -0.4 is 20.7 Å². The van der Waals surface area contributed by atoms with Gasteiger partial charge in [-0.2, -0.15) is 5.26 Å². The molecule has 1 aromatic heterocycles. The van der Waals surface area contributed by atoms with Crippen molar-refractivity contribution in [3.63, 3.8) is 0 Å². The Bertz CT molecular complexity index is 1980. The third kappa shape index (κ3) is 9.85. The number of aromatic amines is 1. The van der Waals surface area contributed by atoms with Crippen LogP contribution in [0.3, 0.4) is 0 Å². The first-order valence-electron chi connectivity index (χ1n) is 19.4. The molecule has 304 valence electrons. The number of rotatable bonds is 20. The highest BCUT2D eigenvalue weighted by atomic mass is 31.2. The van der Waals surface area contributed by atoms with Gasteiger partial charge >= 0.3 is 5.69 Å². The normalized spacial score (nSPS) is 20.2. The van der Waals surface area contributed by atoms with Crippen molar-refractivity contribution in [2.24, 2.45) is 5.92 Å². The average molecular weight is 801 g/mol. The van der Waals surface area contributed by atoms with Crippen molar-refractivity contribution >= 4 is 8.53 Å². The predicted octanol–water partition coefficient (Wildman–Crippen LogP) is 6.92. The van der Waals surface area contributed by atoms with Gasteiger partial charge in [0.1, 0.15) is 35.4 Å². The van der Waals surface area contributed by atoms with E-state index in [-0.39, 0.29) is 31.7 Å². The zero-order valence-corrected chi connectivity index (χ0v) is 34.3. The number of ether oxygens (including phenoxy) is 5. The first kappa shape index (κ1) is 42.2. The van der Waals surface area contributed by atoms with Gasteiger partial charge in [-0.05, 0) is 87.4 Å². The van der Waals surface area contributed by atoms with E-state index in [0.29, 0.717) is 24.0 Å². The highest BCUT2D eigenvalue weighted by Crippen LogP contribution is 2.51. The van der Waals surface area contributed by atoms with Crippen LogP contribution in [-0.4, -0.2) is 78.7 Å². The molecule has 1 saturated heterocycles. The molecule has 14 heteroatoms. The average Bonchev–Trinajstić information content (AvgIpc) is 3.99. The molecule has 0 amide bonds. The summed E-state index contributed by atoms with van der Waals surface area (Å²) in [5.41, 5.74) is 0.180. The van der Waals surface area contributed by atoms with Crippen LogP contribution in [0.15, 0.2) is 101 Å². The molecule has 2 heterocycles. The molecule has 2 aliphatic rings. The minimum absolute atomic E-state index is 0.0227. The molecule has 4 aromatic rings. The number of hydrogen-bond donors (Lipinski definition) is 1. The summed E-state index contributed by atoms with van der Waals surface area (Å²) in [4.78, 5) is 28.0. The van der Waals surface area contributed by atoms with Gasteiger partial charge in [0.15, 0.2) is 6.23 Å². The molecule has 1 N–H and O–H groups in total. The molecule has 13 nitrogen and oxygen atoms in total. The molecule has 0 spiro atoms. The summed E-state index contributed by atoms with van der Waals surface area (Å²) in [7, 11) is 1.47. The van der Waals surface area contributed by atoms with Crippen molar-refractivity contribution in [1.82, 2.24) is 14.2 Å². The second-order valence-corrected chi connectivity index (χ2v) is 16.2. The van der Waals surface area contributed by atoms with Crippen LogP contribution in [0.1, 0.15) is 69.9 Å². The molecule has 57 heavy (non-hydrogen) atoms. The number of nitriles is 1. The van der Waals surface area contributed by atoms with Crippen molar-refractivity contribution < 1.29 is 32.7 Å². The molecule has 1 aliphatic heterocycles. The van der Waals surface area contributed by atoms with E-state index >= 15 is 0 Å². The van der Waals surface area contributed by atoms with Gasteiger partial charge < -0.3 is 32.7 Å². The Labute approximate surface area is 335 Å². The molecule has 5 atom stereocenters. The van der Waals surface area contributed by atoms with Crippen molar-refractivity contribution in [3.8, 4) is 17.6 Å². The summed E-state index contributed by atoms with van der Waals surface area (Å²) < 4.78 is 48.9. The lowest BCUT2D eigenvalue weighted by atomic mass is 9.80. The second kappa shape index (κ2) is 19.4. The van der Waals surface area contributed by atoms with Gasteiger partial charge in [0, 0.05) is 24.3 Å². The number of H-pyrrole nitrogens is 1. The van der Waals surface area contributed by atoms with Crippen LogP contribution in [0.4, 0.5) is 0 Å². The molecular formula is C43H53N4O9P. The Morgan fingerprint density at radius 2 is 1.46 bits per heavy atom. The van der Waals surface area contributed by atoms with Crippen LogP contribution in [0.2, 0.25) is 0 Å². The minimum atomic E-state index is -1.78. The topological polar surface area (TPSA) is 147 Å². The first-order valence-corrected chi connectivity index (χ1v) is 20.5. The van der Waals surface area contributed by atoms with Crippen LogP contribution in [0, 0.1) is 17.2 Å². The largest absolute Gasteiger partial charge is 0.497 e. The van der Waals surface area contributed by atoms with Crippen molar-refractivity contribution in [3.05, 3.63) is 129 Å². The van der Waals surface area contributed by atoms with Crippen molar-refractivity contribution in [2.45, 2.75) is 89.2 Å². The molecular weight excluding hydrogens is 747 g/mol. The summed E-state index contributed by atoms with van der Waals surface area (Å²) in [6.07, 6.45) is 0.255. The standard InChI is InChI=1S/C43H53N4O9P/c1-29(2)47(30(3)4)57(54-26-10-24-44)56-39-37(55-41(40(39)52-27-31-13-14-31)46-25-23-38(48)45-42(46)49)28-53-43(32-11-8-7-9-12-32,33-15-19-35(50-5)20-16-33)34-17-21-36(51-6)22-18-34/h7-9,11-12,15-23,25,29-31,37,39-41H,10,13-14,26-28H2,1-6H3,(H,45,48,49)/t37-,39-,40-,41-,57?/m1/s1. The van der Waals surface area contributed by atoms with Gasteiger partial charge in [0.2, 0.25) is 0 Å². The lowest BCUT2D eigenvalue weighted by Gasteiger charge is -2.39. The fraction of sp³-hybridized carbons (Fsp3) is 0.465. The first-order chi connectivity index (χ1) is 27.6. The number of methoxy groups -OCH3 is 2. The Kier molecular flexibility index (Phi) is 14.4. The van der Waals surface area contributed by atoms with Crippen molar-refractivity contribution in [1.29, 1.82) is 5.26 Å². The van der Waals surface area contributed by atoms with E-state index in [1.54, 1.807) is 14.2 Å². The quantitative estimate of drug-likeness (QED) is 0.0565. The maximum atomic E-state index is 13.4. The number of benzene rings is 3. The van der Waals surface area contributed by atoms with E-state index in [2.05, 4.69) is 43.4 Å². The molecule has 0 radical (unpaired) electrons. The predicted molar refractivity (Wildman–Crippen MR) is 216 cm³/mol. The second-order valence-electron chi connectivity index (χ2n) is 14.8. The van der Waals surface area contributed by atoms with E-state index in [0.717, 1.165) is 29.5 Å². The maximum Gasteiger partial charge on any atom is 0.330 e. The molecule has 2 fully saturated rings. The number of nitrogens with one attached hydrogen (secondary N) is 1. The molecule has 6 rings (SSSR count). The van der Waals surface area contributed by atoms with Gasteiger partial charge in [-0.15, -0.1) is 0 Å². The number of hydrogen-bond acceptors (Lipinski definition) is 11. The lowest BCUT2D eigenvalue weighted by Crippen LogP contribution is -2.43. The van der Waals surface area contributed by atoms with Gasteiger partial charge in [0.05, 0.1) is 46.5 Å². The lowest BCUT2D eigenvalue weighted by molar-refractivity contribution is -0.0980. The van der Waals surface area contributed by atoms with Gasteiger partial charge in [0.25, 0.3) is 14.1 Å². The van der Waals surface area contributed by atoms with E-state index in [1.165, 1.54) is 16.8 Å². The molecule has 0 bridgehead atoms. The summed E-state index contributed by atoms with van der Waals surface area (Å²) in [5, 5.41) is 9.42. The Morgan fingerprint density at radius 3 is 1.98 bits per heavy atom. The minimum Gasteiger partial charge on any atom is -0.497 e. The number of aromatic nitrogens is 2. The number of nitrogens with zero attached hydrogens (tertiary/aromatic N) is 3. The molecule has 1 aliphatic carbocycles. The highest BCUT2D eigenvalue weighted by molar-refractivity contribution is 7.44. The molecule has 3 aromatic carbocycles. The van der Waals surface area contributed by atoms with E-state index < -0.39 is 49.9 Å². The Balaban J connectivity index is 1.48. The van der Waals surface area contributed by atoms with E-state index in [9.17, 15) is 14.9 Å². The Hall–Kier alpha value is -4.38. The maximum absolute atomic E-state index is 13.4. The zero-order valence-electron chi connectivity index (χ0n) is 33.4. The van der Waals surface area contributed by atoms with Crippen molar-refractivity contribution in [2.75, 3.05) is 34.0 Å². The van der Waals surface area contributed by atoms with Gasteiger partial charge in [-0.3, -0.25) is 14.3 Å². The summed E-state index contributed by atoms with van der Waals surface area (Å²) in [6.45, 7) is 8.85.